The number of thioether (sulfide) groups is 1. The highest BCUT2D eigenvalue weighted by Crippen LogP contribution is 2.33. The first kappa shape index (κ1) is 14.0. The Balaban J connectivity index is 2.20. The zero-order chi connectivity index (χ0) is 14.8. The number of para-hydroxylation sites is 1. The Hall–Kier alpha value is -1.95. The molecule has 0 saturated carbocycles. The lowest BCUT2D eigenvalue weighted by Gasteiger charge is -2.29. The third-order valence-corrected chi connectivity index (χ3v) is 5.08. The molecule has 1 aliphatic heterocycles. The van der Waals surface area contributed by atoms with Crippen molar-refractivity contribution in [2.45, 2.75) is 12.5 Å². The number of anilines is 1. The second-order valence-electron chi connectivity index (χ2n) is 5.15. The number of oxime groups is 1. The smallest absolute Gasteiger partial charge is 0.173 e. The lowest BCUT2D eigenvalue weighted by atomic mass is 10.1. The van der Waals surface area contributed by atoms with Gasteiger partial charge in [0, 0.05) is 30.4 Å². The van der Waals surface area contributed by atoms with Gasteiger partial charge in [0.1, 0.15) is 0 Å². The number of nitrogens with zero attached hydrogens (tertiary/aromatic N) is 3. The normalized spacial score (nSPS) is 19.1. The predicted molar refractivity (Wildman–Crippen MR) is 88.4 cm³/mol. The van der Waals surface area contributed by atoms with Crippen molar-refractivity contribution in [1.82, 2.24) is 4.98 Å². The van der Waals surface area contributed by atoms with Gasteiger partial charge >= 0.3 is 0 Å². The van der Waals surface area contributed by atoms with Gasteiger partial charge in [-0.1, -0.05) is 23.4 Å². The van der Waals surface area contributed by atoms with Gasteiger partial charge in [0.25, 0.3) is 0 Å². The molecule has 2 heterocycles. The van der Waals surface area contributed by atoms with Crippen molar-refractivity contribution in [2.75, 3.05) is 23.5 Å². The number of amidine groups is 1. The molecular weight excluding hydrogens is 284 g/mol. The van der Waals surface area contributed by atoms with Crippen LogP contribution in [0.15, 0.2) is 35.6 Å². The van der Waals surface area contributed by atoms with Gasteiger partial charge < -0.3 is 15.8 Å². The van der Waals surface area contributed by atoms with Crippen LogP contribution in [0.3, 0.4) is 0 Å². The predicted octanol–water partition coefficient (Wildman–Crippen LogP) is 2.27. The largest absolute Gasteiger partial charge is 0.409 e. The SMILES string of the molecule is CN(c1c(/C(N)=N/O)cnc2ccccc12)C1CCSC1. The average molecular weight is 302 g/mol. The van der Waals surface area contributed by atoms with E-state index < -0.39 is 0 Å². The van der Waals surface area contributed by atoms with E-state index in [2.05, 4.69) is 22.1 Å². The number of benzene rings is 1. The molecule has 5 nitrogen and oxygen atoms in total. The molecule has 0 aliphatic carbocycles. The number of hydrogen-bond donors (Lipinski definition) is 2. The van der Waals surface area contributed by atoms with Crippen molar-refractivity contribution < 1.29 is 5.21 Å². The molecule has 2 aromatic rings. The van der Waals surface area contributed by atoms with Crippen LogP contribution in [0.5, 0.6) is 0 Å². The van der Waals surface area contributed by atoms with Gasteiger partial charge in [-0.2, -0.15) is 11.8 Å². The summed E-state index contributed by atoms with van der Waals surface area (Å²) in [4.78, 5) is 6.66. The fourth-order valence-electron chi connectivity index (χ4n) is 2.76. The minimum Gasteiger partial charge on any atom is -0.409 e. The van der Waals surface area contributed by atoms with Gasteiger partial charge in [0.05, 0.1) is 16.8 Å². The monoisotopic (exact) mass is 302 g/mol. The van der Waals surface area contributed by atoms with Crippen molar-refractivity contribution in [3.05, 3.63) is 36.0 Å². The molecule has 110 valence electrons. The van der Waals surface area contributed by atoms with Crippen LogP contribution < -0.4 is 10.6 Å². The zero-order valence-electron chi connectivity index (χ0n) is 11.9. The van der Waals surface area contributed by atoms with Gasteiger partial charge in [-0.15, -0.1) is 0 Å². The van der Waals surface area contributed by atoms with E-state index in [1.165, 1.54) is 5.75 Å². The van der Waals surface area contributed by atoms with E-state index in [9.17, 15) is 0 Å². The Morgan fingerprint density at radius 2 is 2.29 bits per heavy atom. The molecule has 0 amide bonds. The minimum atomic E-state index is 0.0979. The number of fused-ring (bicyclic) bond motifs is 1. The highest BCUT2D eigenvalue weighted by molar-refractivity contribution is 7.99. The van der Waals surface area contributed by atoms with Crippen molar-refractivity contribution >= 4 is 34.2 Å². The minimum absolute atomic E-state index is 0.0979. The third-order valence-electron chi connectivity index (χ3n) is 3.94. The molecule has 1 atom stereocenters. The van der Waals surface area contributed by atoms with Crippen molar-refractivity contribution in [3.63, 3.8) is 0 Å². The van der Waals surface area contributed by atoms with E-state index in [0.717, 1.165) is 28.8 Å². The number of hydrogen-bond acceptors (Lipinski definition) is 5. The van der Waals surface area contributed by atoms with Crippen molar-refractivity contribution in [2.24, 2.45) is 10.9 Å². The molecule has 0 spiro atoms. The number of pyridine rings is 1. The summed E-state index contributed by atoms with van der Waals surface area (Å²) in [5.74, 6) is 2.38. The van der Waals surface area contributed by atoms with E-state index in [4.69, 9.17) is 10.9 Å². The van der Waals surface area contributed by atoms with E-state index >= 15 is 0 Å². The highest BCUT2D eigenvalue weighted by atomic mass is 32.2. The van der Waals surface area contributed by atoms with Gasteiger partial charge in [-0.25, -0.2) is 0 Å². The van der Waals surface area contributed by atoms with Crippen molar-refractivity contribution in [1.29, 1.82) is 0 Å². The molecule has 1 unspecified atom stereocenters. The van der Waals surface area contributed by atoms with E-state index in [-0.39, 0.29) is 5.84 Å². The second-order valence-corrected chi connectivity index (χ2v) is 6.30. The summed E-state index contributed by atoms with van der Waals surface area (Å²) < 4.78 is 0. The summed E-state index contributed by atoms with van der Waals surface area (Å²) in [7, 11) is 2.08. The lowest BCUT2D eigenvalue weighted by molar-refractivity contribution is 0.318. The van der Waals surface area contributed by atoms with Gasteiger partial charge in [-0.3, -0.25) is 4.98 Å². The quantitative estimate of drug-likeness (QED) is 0.394. The Kier molecular flexibility index (Phi) is 3.88. The maximum absolute atomic E-state index is 9.04. The Labute approximate surface area is 127 Å². The van der Waals surface area contributed by atoms with Crippen LogP contribution in [-0.2, 0) is 0 Å². The van der Waals surface area contributed by atoms with Crippen LogP contribution in [0.1, 0.15) is 12.0 Å². The fourth-order valence-corrected chi connectivity index (χ4v) is 4.03. The molecule has 21 heavy (non-hydrogen) atoms. The summed E-state index contributed by atoms with van der Waals surface area (Å²) >= 11 is 1.96. The Morgan fingerprint density at radius 3 is 3.00 bits per heavy atom. The number of rotatable bonds is 3. The standard InChI is InChI=1S/C15H18N4OS/c1-19(10-6-7-21-9-10)14-11-4-2-3-5-13(11)17-8-12(14)15(16)18-20/h2-5,8,10,20H,6-7,9H2,1H3,(H2,16,18). The summed E-state index contributed by atoms with van der Waals surface area (Å²) in [6, 6.07) is 8.43. The first-order chi connectivity index (χ1) is 10.2. The third kappa shape index (κ3) is 2.51. The Morgan fingerprint density at radius 1 is 1.48 bits per heavy atom. The molecule has 0 bridgehead atoms. The summed E-state index contributed by atoms with van der Waals surface area (Å²) in [6.45, 7) is 0. The van der Waals surface area contributed by atoms with Crippen LogP contribution in [0.2, 0.25) is 0 Å². The number of aromatic nitrogens is 1. The van der Waals surface area contributed by atoms with Crippen LogP contribution >= 0.6 is 11.8 Å². The molecule has 6 heteroatoms. The maximum Gasteiger partial charge on any atom is 0.173 e. The van der Waals surface area contributed by atoms with Crippen LogP contribution in [0, 0.1) is 0 Å². The van der Waals surface area contributed by atoms with E-state index in [0.29, 0.717) is 11.6 Å². The number of nitrogens with two attached hydrogens (primary N) is 1. The van der Waals surface area contributed by atoms with Crippen LogP contribution in [-0.4, -0.2) is 40.6 Å². The summed E-state index contributed by atoms with van der Waals surface area (Å²) in [5.41, 5.74) is 8.43. The molecule has 3 N–H and O–H groups in total. The zero-order valence-corrected chi connectivity index (χ0v) is 12.7. The van der Waals surface area contributed by atoms with E-state index in [1.807, 2.05) is 36.0 Å². The van der Waals surface area contributed by atoms with Gasteiger partial charge in [-0.05, 0) is 18.2 Å². The summed E-state index contributed by atoms with van der Waals surface area (Å²) in [5, 5.41) is 13.2. The highest BCUT2D eigenvalue weighted by Gasteiger charge is 2.24. The molecule has 1 aliphatic rings. The second kappa shape index (κ2) is 5.81. The molecule has 0 radical (unpaired) electrons. The molecular formula is C15H18N4OS. The van der Waals surface area contributed by atoms with Gasteiger partial charge in [0.2, 0.25) is 0 Å². The average Bonchev–Trinajstić information content (AvgIpc) is 3.06. The molecule has 1 aromatic heterocycles. The van der Waals surface area contributed by atoms with Crippen LogP contribution in [0.4, 0.5) is 5.69 Å². The Bertz CT molecular complexity index is 682. The molecule has 1 saturated heterocycles. The van der Waals surface area contributed by atoms with Gasteiger partial charge in [0.15, 0.2) is 5.84 Å². The maximum atomic E-state index is 9.04. The van der Waals surface area contributed by atoms with Crippen LogP contribution in [0.25, 0.3) is 10.9 Å². The van der Waals surface area contributed by atoms with E-state index in [1.54, 1.807) is 6.20 Å². The molecule has 1 fully saturated rings. The van der Waals surface area contributed by atoms with Crippen molar-refractivity contribution in [3.8, 4) is 0 Å². The lowest BCUT2D eigenvalue weighted by Crippen LogP contribution is -2.33. The fraction of sp³-hybridized carbons (Fsp3) is 0.333. The first-order valence-electron chi connectivity index (χ1n) is 6.88. The first-order valence-corrected chi connectivity index (χ1v) is 8.04. The molecule has 3 rings (SSSR count). The topological polar surface area (TPSA) is 74.7 Å². The summed E-state index contributed by atoms with van der Waals surface area (Å²) in [6.07, 6.45) is 2.83. The molecule has 1 aromatic carbocycles.